The third kappa shape index (κ3) is 4.69. The van der Waals surface area contributed by atoms with E-state index in [-0.39, 0.29) is 0 Å². The minimum Gasteiger partial charge on any atom is -0.416 e. The minimum atomic E-state index is 0.619. The number of aryl methyl sites for hydroxylation is 1. The van der Waals surface area contributed by atoms with Gasteiger partial charge in [-0.3, -0.25) is 0 Å². The average Bonchev–Trinajstić information content (AvgIpc) is 3.02. The van der Waals surface area contributed by atoms with Crippen LogP contribution in [0.3, 0.4) is 0 Å². The van der Waals surface area contributed by atoms with E-state index in [4.69, 9.17) is 4.42 Å². The van der Waals surface area contributed by atoms with Gasteiger partial charge in [0.15, 0.2) is 0 Å². The lowest BCUT2D eigenvalue weighted by atomic mass is 10.1. The molecule has 118 valence electrons. The summed E-state index contributed by atoms with van der Waals surface area (Å²) in [6.45, 7) is 2.15. The van der Waals surface area contributed by atoms with Gasteiger partial charge in [0.25, 0.3) is 5.22 Å². The van der Waals surface area contributed by atoms with Gasteiger partial charge in [-0.2, -0.15) is 0 Å². The molecule has 5 heteroatoms. The van der Waals surface area contributed by atoms with Gasteiger partial charge in [-0.1, -0.05) is 71.0 Å². The Morgan fingerprint density at radius 3 is 2.26 bits per heavy atom. The fourth-order valence-electron chi connectivity index (χ4n) is 2.16. The van der Waals surface area contributed by atoms with Crippen molar-refractivity contribution in [1.82, 2.24) is 10.2 Å². The molecule has 23 heavy (non-hydrogen) atoms. The van der Waals surface area contributed by atoms with Crippen molar-refractivity contribution >= 4 is 27.7 Å². The first kappa shape index (κ1) is 16.3. The maximum absolute atomic E-state index is 5.72. The Bertz CT molecular complexity index is 753. The van der Waals surface area contributed by atoms with E-state index in [9.17, 15) is 0 Å². The van der Waals surface area contributed by atoms with Crippen molar-refractivity contribution in [3.8, 4) is 0 Å². The molecule has 0 saturated carbocycles. The third-order valence-electron chi connectivity index (χ3n) is 3.51. The van der Waals surface area contributed by atoms with Crippen molar-refractivity contribution in [2.75, 3.05) is 0 Å². The van der Waals surface area contributed by atoms with Gasteiger partial charge in [-0.05, 0) is 35.2 Å². The van der Waals surface area contributed by atoms with Crippen LogP contribution in [0, 0.1) is 0 Å². The fourth-order valence-corrected chi connectivity index (χ4v) is 3.16. The lowest BCUT2D eigenvalue weighted by Gasteiger charge is -2.00. The van der Waals surface area contributed by atoms with Crippen molar-refractivity contribution < 1.29 is 4.42 Å². The third-order valence-corrected chi connectivity index (χ3v) is 4.93. The second-order valence-corrected chi connectivity index (χ2v) is 7.07. The quantitative estimate of drug-likeness (QED) is 0.538. The molecule has 2 aromatic carbocycles. The summed E-state index contributed by atoms with van der Waals surface area (Å²) in [4.78, 5) is 0. The molecule has 0 fully saturated rings. The van der Waals surface area contributed by atoms with Gasteiger partial charge >= 0.3 is 0 Å². The Morgan fingerprint density at radius 1 is 0.913 bits per heavy atom. The molecule has 0 radical (unpaired) electrons. The summed E-state index contributed by atoms with van der Waals surface area (Å²) in [6, 6.07) is 16.8. The van der Waals surface area contributed by atoms with Crippen LogP contribution in [-0.4, -0.2) is 10.2 Å². The number of hydrogen-bond donors (Lipinski definition) is 0. The lowest BCUT2D eigenvalue weighted by Crippen LogP contribution is -1.89. The molecule has 0 spiro atoms. The second kappa shape index (κ2) is 7.79. The molecule has 0 saturated heterocycles. The lowest BCUT2D eigenvalue weighted by molar-refractivity contribution is 0.420. The van der Waals surface area contributed by atoms with Gasteiger partial charge in [0.05, 0.1) is 6.42 Å². The van der Waals surface area contributed by atoms with E-state index in [1.165, 1.54) is 16.7 Å². The highest BCUT2D eigenvalue weighted by Gasteiger charge is 2.08. The van der Waals surface area contributed by atoms with Gasteiger partial charge in [0, 0.05) is 10.2 Å². The molecule has 0 aliphatic carbocycles. The molecule has 0 aliphatic heterocycles. The summed E-state index contributed by atoms with van der Waals surface area (Å²) >= 11 is 5.00. The highest BCUT2D eigenvalue weighted by Crippen LogP contribution is 2.23. The van der Waals surface area contributed by atoms with E-state index in [2.05, 4.69) is 69.4 Å². The standard InChI is InChI=1S/C18H17BrN2OS/c1-2-13-3-5-14(6-4-13)11-17-20-21-18(22-17)23-12-15-7-9-16(19)10-8-15/h3-10H,2,11-12H2,1H3. The molecule has 0 unspecified atom stereocenters. The van der Waals surface area contributed by atoms with Gasteiger partial charge in [0.2, 0.25) is 5.89 Å². The van der Waals surface area contributed by atoms with Crippen LogP contribution in [0.2, 0.25) is 0 Å². The molecule has 3 rings (SSSR count). The van der Waals surface area contributed by atoms with Crippen LogP contribution in [0.1, 0.15) is 29.5 Å². The van der Waals surface area contributed by atoms with Crippen LogP contribution in [0.5, 0.6) is 0 Å². The maximum atomic E-state index is 5.72. The van der Waals surface area contributed by atoms with E-state index in [0.717, 1.165) is 16.6 Å². The van der Waals surface area contributed by atoms with Gasteiger partial charge in [-0.25, -0.2) is 0 Å². The monoisotopic (exact) mass is 388 g/mol. The van der Waals surface area contributed by atoms with Crippen LogP contribution in [-0.2, 0) is 18.6 Å². The number of nitrogens with zero attached hydrogens (tertiary/aromatic N) is 2. The van der Waals surface area contributed by atoms with Gasteiger partial charge < -0.3 is 4.42 Å². The summed E-state index contributed by atoms with van der Waals surface area (Å²) in [5.41, 5.74) is 3.76. The van der Waals surface area contributed by atoms with E-state index in [0.29, 0.717) is 17.5 Å². The number of rotatable bonds is 6. The second-order valence-electron chi connectivity index (χ2n) is 5.22. The summed E-state index contributed by atoms with van der Waals surface area (Å²) in [5.74, 6) is 1.48. The number of thioether (sulfide) groups is 1. The Kier molecular flexibility index (Phi) is 5.51. The number of benzene rings is 2. The van der Waals surface area contributed by atoms with E-state index in [1.54, 1.807) is 11.8 Å². The van der Waals surface area contributed by atoms with Crippen molar-refractivity contribution in [2.45, 2.75) is 30.7 Å². The van der Waals surface area contributed by atoms with E-state index >= 15 is 0 Å². The van der Waals surface area contributed by atoms with Crippen LogP contribution in [0.15, 0.2) is 62.6 Å². The first-order valence-electron chi connectivity index (χ1n) is 7.50. The Labute approximate surface area is 148 Å². The predicted molar refractivity (Wildman–Crippen MR) is 96.6 cm³/mol. The highest BCUT2D eigenvalue weighted by molar-refractivity contribution is 9.10. The maximum Gasteiger partial charge on any atom is 0.276 e. The molecule has 0 amide bonds. The Balaban J connectivity index is 1.57. The van der Waals surface area contributed by atoms with Crippen LogP contribution in [0.4, 0.5) is 0 Å². The molecule has 3 aromatic rings. The average molecular weight is 389 g/mol. The minimum absolute atomic E-state index is 0.619. The molecular formula is C18H17BrN2OS. The number of aromatic nitrogens is 2. The SMILES string of the molecule is CCc1ccc(Cc2nnc(SCc3ccc(Br)cc3)o2)cc1. The normalized spacial score (nSPS) is 10.9. The van der Waals surface area contributed by atoms with Crippen LogP contribution >= 0.6 is 27.7 Å². The first-order chi connectivity index (χ1) is 11.2. The van der Waals surface area contributed by atoms with Gasteiger partial charge in [-0.15, -0.1) is 10.2 Å². The van der Waals surface area contributed by atoms with Crippen LogP contribution in [0.25, 0.3) is 0 Å². The van der Waals surface area contributed by atoms with Crippen LogP contribution < -0.4 is 0 Å². The molecule has 1 heterocycles. The molecule has 1 aromatic heterocycles. The molecular weight excluding hydrogens is 372 g/mol. The van der Waals surface area contributed by atoms with Crippen molar-refractivity contribution in [2.24, 2.45) is 0 Å². The number of halogens is 1. The summed E-state index contributed by atoms with van der Waals surface area (Å²) in [5, 5.41) is 8.87. The zero-order chi connectivity index (χ0) is 16.1. The molecule has 0 N–H and O–H groups in total. The van der Waals surface area contributed by atoms with E-state index in [1.807, 2.05) is 12.1 Å². The van der Waals surface area contributed by atoms with Crippen molar-refractivity contribution in [3.63, 3.8) is 0 Å². The van der Waals surface area contributed by atoms with Gasteiger partial charge in [0.1, 0.15) is 0 Å². The first-order valence-corrected chi connectivity index (χ1v) is 9.28. The topological polar surface area (TPSA) is 38.9 Å². The summed E-state index contributed by atoms with van der Waals surface area (Å²) < 4.78 is 6.80. The molecule has 0 bridgehead atoms. The summed E-state index contributed by atoms with van der Waals surface area (Å²) in [6.07, 6.45) is 1.73. The largest absolute Gasteiger partial charge is 0.416 e. The summed E-state index contributed by atoms with van der Waals surface area (Å²) in [7, 11) is 0. The molecule has 3 nitrogen and oxygen atoms in total. The Hall–Kier alpha value is -1.59. The zero-order valence-corrected chi connectivity index (χ0v) is 15.2. The predicted octanol–water partition coefficient (Wildman–Crippen LogP) is 5.28. The highest BCUT2D eigenvalue weighted by atomic mass is 79.9. The number of hydrogen-bond acceptors (Lipinski definition) is 4. The Morgan fingerprint density at radius 2 is 1.57 bits per heavy atom. The van der Waals surface area contributed by atoms with Crippen molar-refractivity contribution in [3.05, 3.63) is 75.6 Å². The van der Waals surface area contributed by atoms with Crippen molar-refractivity contribution in [1.29, 1.82) is 0 Å². The fraction of sp³-hybridized carbons (Fsp3) is 0.222. The van der Waals surface area contributed by atoms with E-state index < -0.39 is 0 Å². The smallest absolute Gasteiger partial charge is 0.276 e. The molecule has 0 atom stereocenters. The zero-order valence-electron chi connectivity index (χ0n) is 12.8. The molecule has 0 aliphatic rings.